The van der Waals surface area contributed by atoms with Crippen molar-refractivity contribution in [1.82, 2.24) is 4.98 Å². The number of anilines is 3. The van der Waals surface area contributed by atoms with Gasteiger partial charge in [0.1, 0.15) is 0 Å². The predicted molar refractivity (Wildman–Crippen MR) is 153 cm³/mol. The van der Waals surface area contributed by atoms with Gasteiger partial charge in [-0.2, -0.15) is 0 Å². The van der Waals surface area contributed by atoms with Gasteiger partial charge in [-0.25, -0.2) is 0 Å². The maximum atomic E-state index is 3.55. The van der Waals surface area contributed by atoms with Crippen LogP contribution in [0.15, 0.2) is 140 Å². The van der Waals surface area contributed by atoms with Crippen LogP contribution in [0.3, 0.4) is 0 Å². The molecule has 0 unspecified atom stereocenters. The third-order valence-corrected chi connectivity index (χ3v) is 6.97. The molecule has 0 saturated heterocycles. The first kappa shape index (κ1) is 20.5. The Morgan fingerprint density at radius 3 is 1.86 bits per heavy atom. The van der Waals surface area contributed by atoms with E-state index in [1.807, 2.05) is 0 Å². The van der Waals surface area contributed by atoms with Crippen molar-refractivity contribution in [3.8, 4) is 11.1 Å². The smallest absolute Gasteiger partial charge is 0.0469 e. The molecular formula is C34H24N2. The molecule has 7 aromatic rings. The summed E-state index contributed by atoms with van der Waals surface area (Å²) in [6.45, 7) is 0. The minimum absolute atomic E-state index is 1.13. The zero-order chi connectivity index (χ0) is 23.9. The van der Waals surface area contributed by atoms with Crippen LogP contribution >= 0.6 is 0 Å². The van der Waals surface area contributed by atoms with Gasteiger partial charge in [-0.15, -0.1) is 0 Å². The van der Waals surface area contributed by atoms with Gasteiger partial charge in [-0.05, 0) is 70.4 Å². The second kappa shape index (κ2) is 8.44. The molecule has 2 heteroatoms. The summed E-state index contributed by atoms with van der Waals surface area (Å²) in [6.07, 6.45) is 0. The quantitative estimate of drug-likeness (QED) is 0.277. The number of rotatable bonds is 4. The Balaban J connectivity index is 1.41. The van der Waals surface area contributed by atoms with E-state index < -0.39 is 0 Å². The van der Waals surface area contributed by atoms with Gasteiger partial charge in [-0.1, -0.05) is 91.0 Å². The van der Waals surface area contributed by atoms with Crippen molar-refractivity contribution < 1.29 is 0 Å². The van der Waals surface area contributed by atoms with Crippen LogP contribution in [0.5, 0.6) is 0 Å². The summed E-state index contributed by atoms with van der Waals surface area (Å²) in [7, 11) is 0. The van der Waals surface area contributed by atoms with Crippen LogP contribution in [0.4, 0.5) is 17.1 Å². The number of aromatic nitrogens is 1. The third-order valence-electron chi connectivity index (χ3n) is 6.97. The van der Waals surface area contributed by atoms with Gasteiger partial charge >= 0.3 is 0 Å². The van der Waals surface area contributed by atoms with Gasteiger partial charge < -0.3 is 9.88 Å². The Bertz CT molecular complexity index is 1830. The molecule has 0 spiro atoms. The van der Waals surface area contributed by atoms with Crippen LogP contribution in [-0.2, 0) is 0 Å². The first-order valence-electron chi connectivity index (χ1n) is 12.3. The molecule has 1 N–H and O–H groups in total. The van der Waals surface area contributed by atoms with Crippen molar-refractivity contribution in [1.29, 1.82) is 0 Å². The molecule has 1 heterocycles. The SMILES string of the molecule is c1ccc(-c2ccc(N(c3ccc4ccccc4c3)c3ccc4[nH]c5ccccc5c4c3)cc2)cc1. The largest absolute Gasteiger partial charge is 0.355 e. The molecule has 0 bridgehead atoms. The number of H-pyrrole nitrogens is 1. The Morgan fingerprint density at radius 2 is 1.00 bits per heavy atom. The Kier molecular flexibility index (Phi) is 4.82. The van der Waals surface area contributed by atoms with Gasteiger partial charge in [0.25, 0.3) is 0 Å². The molecule has 7 rings (SSSR count). The Labute approximate surface area is 210 Å². The second-order valence-corrected chi connectivity index (χ2v) is 9.18. The summed E-state index contributed by atoms with van der Waals surface area (Å²) in [6, 6.07) is 49.8. The number of nitrogens with one attached hydrogen (secondary N) is 1. The van der Waals surface area contributed by atoms with Crippen molar-refractivity contribution in [2.24, 2.45) is 0 Å². The van der Waals surface area contributed by atoms with E-state index in [1.165, 1.54) is 32.7 Å². The van der Waals surface area contributed by atoms with Gasteiger partial charge in [0.05, 0.1) is 0 Å². The zero-order valence-electron chi connectivity index (χ0n) is 19.7. The van der Waals surface area contributed by atoms with E-state index in [2.05, 4.69) is 149 Å². The molecule has 0 saturated carbocycles. The summed E-state index contributed by atoms with van der Waals surface area (Å²) >= 11 is 0. The first-order valence-corrected chi connectivity index (χ1v) is 12.3. The summed E-state index contributed by atoms with van der Waals surface area (Å²) in [4.78, 5) is 5.90. The maximum Gasteiger partial charge on any atom is 0.0469 e. The molecule has 0 fully saturated rings. The number of nitrogens with zero attached hydrogens (tertiary/aromatic N) is 1. The average Bonchev–Trinajstić information content (AvgIpc) is 3.32. The van der Waals surface area contributed by atoms with E-state index >= 15 is 0 Å². The fourth-order valence-electron chi connectivity index (χ4n) is 5.17. The third kappa shape index (κ3) is 3.52. The molecule has 0 radical (unpaired) electrons. The highest BCUT2D eigenvalue weighted by atomic mass is 15.1. The molecule has 170 valence electrons. The summed E-state index contributed by atoms with van der Waals surface area (Å²) < 4.78 is 0. The summed E-state index contributed by atoms with van der Waals surface area (Å²) in [5.41, 5.74) is 8.15. The van der Waals surface area contributed by atoms with E-state index in [1.54, 1.807) is 0 Å². The van der Waals surface area contributed by atoms with Gasteiger partial charge in [0.2, 0.25) is 0 Å². The van der Waals surface area contributed by atoms with E-state index in [9.17, 15) is 0 Å². The van der Waals surface area contributed by atoms with E-state index in [-0.39, 0.29) is 0 Å². The monoisotopic (exact) mass is 460 g/mol. The van der Waals surface area contributed by atoms with E-state index in [0.29, 0.717) is 0 Å². The van der Waals surface area contributed by atoms with Crippen molar-refractivity contribution >= 4 is 49.6 Å². The van der Waals surface area contributed by atoms with Crippen LogP contribution in [0, 0.1) is 0 Å². The molecule has 0 aliphatic rings. The highest BCUT2D eigenvalue weighted by Crippen LogP contribution is 2.39. The highest BCUT2D eigenvalue weighted by Gasteiger charge is 2.15. The normalized spacial score (nSPS) is 11.3. The topological polar surface area (TPSA) is 19.0 Å². The van der Waals surface area contributed by atoms with Gasteiger partial charge in [0, 0.05) is 38.9 Å². The lowest BCUT2D eigenvalue weighted by molar-refractivity contribution is 1.29. The lowest BCUT2D eigenvalue weighted by atomic mass is 10.0. The molecule has 36 heavy (non-hydrogen) atoms. The van der Waals surface area contributed by atoms with Crippen molar-refractivity contribution in [2.45, 2.75) is 0 Å². The number of benzene rings is 6. The number of hydrogen-bond donors (Lipinski definition) is 1. The molecule has 2 nitrogen and oxygen atoms in total. The van der Waals surface area contributed by atoms with Crippen LogP contribution in [0.2, 0.25) is 0 Å². The lowest BCUT2D eigenvalue weighted by Gasteiger charge is -2.26. The van der Waals surface area contributed by atoms with E-state index in [4.69, 9.17) is 0 Å². The van der Waals surface area contributed by atoms with Crippen molar-refractivity contribution in [3.63, 3.8) is 0 Å². The standard InChI is InChI=1S/C34H24N2/c1-2-8-24(9-3-1)26-14-17-28(18-15-26)36(29-19-16-25-10-4-5-11-27(25)22-29)30-20-21-34-32(23-30)31-12-6-7-13-33(31)35-34/h1-23,35H. The van der Waals surface area contributed by atoms with Crippen LogP contribution < -0.4 is 4.90 Å². The second-order valence-electron chi connectivity index (χ2n) is 9.18. The molecule has 6 aromatic carbocycles. The minimum Gasteiger partial charge on any atom is -0.355 e. The highest BCUT2D eigenvalue weighted by molar-refractivity contribution is 6.08. The maximum absolute atomic E-state index is 3.55. The molecular weight excluding hydrogens is 436 g/mol. The summed E-state index contributed by atoms with van der Waals surface area (Å²) in [5.74, 6) is 0. The first-order chi connectivity index (χ1) is 17.8. The average molecular weight is 461 g/mol. The predicted octanol–water partition coefficient (Wildman–Crippen LogP) is 9.61. The number of fused-ring (bicyclic) bond motifs is 4. The van der Waals surface area contributed by atoms with Gasteiger partial charge in [0.15, 0.2) is 0 Å². The van der Waals surface area contributed by atoms with Crippen molar-refractivity contribution in [2.75, 3.05) is 4.90 Å². The lowest BCUT2D eigenvalue weighted by Crippen LogP contribution is -2.09. The molecule has 1 aromatic heterocycles. The molecule has 0 atom stereocenters. The van der Waals surface area contributed by atoms with Crippen LogP contribution in [0.25, 0.3) is 43.7 Å². The fraction of sp³-hybridized carbons (Fsp3) is 0. The van der Waals surface area contributed by atoms with Crippen molar-refractivity contribution in [3.05, 3.63) is 140 Å². The van der Waals surface area contributed by atoms with Crippen LogP contribution in [0.1, 0.15) is 0 Å². The molecule has 0 aliphatic carbocycles. The van der Waals surface area contributed by atoms with E-state index in [0.717, 1.165) is 28.1 Å². The van der Waals surface area contributed by atoms with Crippen LogP contribution in [-0.4, -0.2) is 4.98 Å². The zero-order valence-corrected chi connectivity index (χ0v) is 19.7. The fourth-order valence-corrected chi connectivity index (χ4v) is 5.17. The van der Waals surface area contributed by atoms with Gasteiger partial charge in [-0.3, -0.25) is 0 Å². The number of hydrogen-bond acceptors (Lipinski definition) is 1. The number of para-hydroxylation sites is 1. The number of aromatic amines is 1. The molecule has 0 amide bonds. The Hall–Kier alpha value is -4.82. The summed E-state index contributed by atoms with van der Waals surface area (Å²) in [5, 5.41) is 4.95. The Morgan fingerprint density at radius 1 is 0.389 bits per heavy atom. The molecule has 0 aliphatic heterocycles. The minimum atomic E-state index is 1.13.